The zero-order valence-electron chi connectivity index (χ0n) is 12.8. The van der Waals surface area contributed by atoms with E-state index in [2.05, 4.69) is 10.4 Å². The van der Waals surface area contributed by atoms with Gasteiger partial charge in [-0.05, 0) is 12.0 Å². The van der Waals surface area contributed by atoms with Gasteiger partial charge >= 0.3 is 0 Å². The monoisotopic (exact) mass is 300 g/mol. The van der Waals surface area contributed by atoms with Crippen LogP contribution in [0.5, 0.6) is 0 Å². The third-order valence-corrected chi connectivity index (χ3v) is 3.27. The lowest BCUT2D eigenvalue weighted by Gasteiger charge is -2.20. The molecule has 1 aromatic heterocycles. The van der Waals surface area contributed by atoms with Crippen molar-refractivity contribution in [1.82, 2.24) is 14.7 Å². The van der Waals surface area contributed by atoms with E-state index in [1.54, 1.807) is 24.0 Å². The standard InChI is InChI=1S/C16H20N4O2/c1-13(21)20(11-8-14-6-4-3-5-7-14)12-16(22)17-15-9-10-19(2)18-15/h3-7,9-10H,8,11-12H2,1-2H3,(H,17,18,22). The fourth-order valence-electron chi connectivity index (χ4n) is 2.09. The fraction of sp³-hybridized carbons (Fsp3) is 0.312. The Balaban J connectivity index is 1.88. The van der Waals surface area contributed by atoms with Crippen LogP contribution >= 0.6 is 0 Å². The molecule has 0 unspecified atom stereocenters. The van der Waals surface area contributed by atoms with Crippen molar-refractivity contribution < 1.29 is 9.59 Å². The van der Waals surface area contributed by atoms with Crippen molar-refractivity contribution in [2.24, 2.45) is 7.05 Å². The summed E-state index contributed by atoms with van der Waals surface area (Å²) in [5.74, 6) is 0.119. The van der Waals surface area contributed by atoms with Crippen LogP contribution in [-0.4, -0.2) is 39.6 Å². The highest BCUT2D eigenvalue weighted by molar-refractivity contribution is 5.93. The Morgan fingerprint density at radius 1 is 1.23 bits per heavy atom. The molecule has 22 heavy (non-hydrogen) atoms. The van der Waals surface area contributed by atoms with E-state index in [0.29, 0.717) is 12.4 Å². The van der Waals surface area contributed by atoms with Crippen LogP contribution in [0.15, 0.2) is 42.6 Å². The Morgan fingerprint density at radius 3 is 2.55 bits per heavy atom. The van der Waals surface area contributed by atoms with Crippen LogP contribution in [0.1, 0.15) is 12.5 Å². The van der Waals surface area contributed by atoms with Gasteiger partial charge < -0.3 is 10.2 Å². The molecule has 0 aliphatic heterocycles. The molecule has 0 saturated carbocycles. The van der Waals surface area contributed by atoms with Gasteiger partial charge in [-0.2, -0.15) is 5.10 Å². The number of hydrogen-bond acceptors (Lipinski definition) is 3. The molecule has 6 heteroatoms. The zero-order chi connectivity index (χ0) is 15.9. The topological polar surface area (TPSA) is 67.2 Å². The van der Waals surface area contributed by atoms with Gasteiger partial charge in [0.1, 0.15) is 0 Å². The largest absolute Gasteiger partial charge is 0.333 e. The zero-order valence-corrected chi connectivity index (χ0v) is 12.8. The van der Waals surface area contributed by atoms with E-state index < -0.39 is 0 Å². The van der Waals surface area contributed by atoms with Gasteiger partial charge in [-0.15, -0.1) is 0 Å². The minimum absolute atomic E-state index is 0.0265. The fourth-order valence-corrected chi connectivity index (χ4v) is 2.09. The number of nitrogens with zero attached hydrogens (tertiary/aromatic N) is 3. The van der Waals surface area contributed by atoms with Gasteiger partial charge in [0.2, 0.25) is 11.8 Å². The first kappa shape index (κ1) is 15.8. The van der Waals surface area contributed by atoms with Crippen molar-refractivity contribution in [2.75, 3.05) is 18.4 Å². The van der Waals surface area contributed by atoms with Crippen molar-refractivity contribution in [3.63, 3.8) is 0 Å². The third kappa shape index (κ3) is 4.73. The van der Waals surface area contributed by atoms with Gasteiger partial charge in [0.05, 0.1) is 6.54 Å². The lowest BCUT2D eigenvalue weighted by molar-refractivity contribution is -0.132. The summed E-state index contributed by atoms with van der Waals surface area (Å²) in [7, 11) is 1.78. The molecule has 0 atom stereocenters. The molecule has 0 saturated heterocycles. The van der Waals surface area contributed by atoms with Crippen molar-refractivity contribution in [3.8, 4) is 0 Å². The lowest BCUT2D eigenvalue weighted by Crippen LogP contribution is -2.38. The highest BCUT2D eigenvalue weighted by atomic mass is 16.2. The van der Waals surface area contributed by atoms with Gasteiger partial charge in [-0.25, -0.2) is 0 Å². The number of amides is 2. The summed E-state index contributed by atoms with van der Waals surface area (Å²) in [5.41, 5.74) is 1.14. The maximum Gasteiger partial charge on any atom is 0.245 e. The molecule has 0 aliphatic carbocycles. The van der Waals surface area contributed by atoms with Crippen LogP contribution in [0.4, 0.5) is 5.82 Å². The van der Waals surface area contributed by atoms with Crippen LogP contribution in [0.3, 0.4) is 0 Å². The second kappa shape index (κ2) is 7.40. The van der Waals surface area contributed by atoms with Crippen molar-refractivity contribution in [3.05, 3.63) is 48.2 Å². The lowest BCUT2D eigenvalue weighted by atomic mass is 10.1. The molecule has 116 valence electrons. The summed E-state index contributed by atoms with van der Waals surface area (Å²) >= 11 is 0. The first-order valence-corrected chi connectivity index (χ1v) is 7.13. The number of carbonyl (C=O) groups is 2. The van der Waals surface area contributed by atoms with E-state index in [0.717, 1.165) is 12.0 Å². The average molecular weight is 300 g/mol. The number of aryl methyl sites for hydroxylation is 1. The van der Waals surface area contributed by atoms with Gasteiger partial charge in [0, 0.05) is 32.8 Å². The molecule has 0 fully saturated rings. The maximum absolute atomic E-state index is 12.0. The van der Waals surface area contributed by atoms with Crippen LogP contribution < -0.4 is 5.32 Å². The SMILES string of the molecule is CC(=O)N(CCc1ccccc1)CC(=O)Nc1ccn(C)n1. The number of anilines is 1. The number of rotatable bonds is 6. The summed E-state index contributed by atoms with van der Waals surface area (Å²) < 4.78 is 1.60. The Morgan fingerprint density at radius 2 is 1.95 bits per heavy atom. The molecule has 6 nitrogen and oxygen atoms in total. The first-order chi connectivity index (χ1) is 10.5. The summed E-state index contributed by atoms with van der Waals surface area (Å²) in [6.07, 6.45) is 2.46. The molecule has 0 spiro atoms. The summed E-state index contributed by atoms with van der Waals surface area (Å²) in [6.45, 7) is 2.01. The Bertz CT molecular complexity index is 637. The van der Waals surface area contributed by atoms with E-state index in [1.165, 1.54) is 11.8 Å². The van der Waals surface area contributed by atoms with E-state index in [1.807, 2.05) is 30.3 Å². The van der Waals surface area contributed by atoms with Crippen LogP contribution in [0.2, 0.25) is 0 Å². The molecule has 0 radical (unpaired) electrons. The predicted octanol–water partition coefficient (Wildman–Crippen LogP) is 1.45. The minimum Gasteiger partial charge on any atom is -0.333 e. The Labute approximate surface area is 129 Å². The first-order valence-electron chi connectivity index (χ1n) is 7.13. The molecule has 2 rings (SSSR count). The second-order valence-corrected chi connectivity index (χ2v) is 5.10. The Kier molecular flexibility index (Phi) is 5.30. The third-order valence-electron chi connectivity index (χ3n) is 3.27. The van der Waals surface area contributed by atoms with Gasteiger partial charge in [-0.3, -0.25) is 14.3 Å². The summed E-state index contributed by atoms with van der Waals surface area (Å²) in [4.78, 5) is 25.2. The summed E-state index contributed by atoms with van der Waals surface area (Å²) in [5, 5.41) is 6.76. The maximum atomic E-state index is 12.0. The molecule has 1 heterocycles. The van der Waals surface area contributed by atoms with E-state index in [9.17, 15) is 9.59 Å². The molecule has 1 N–H and O–H groups in total. The number of benzene rings is 1. The molecule has 2 aromatic rings. The normalized spacial score (nSPS) is 10.3. The van der Waals surface area contributed by atoms with Gasteiger partial charge in [0.25, 0.3) is 0 Å². The molecule has 0 bridgehead atoms. The smallest absolute Gasteiger partial charge is 0.245 e. The van der Waals surface area contributed by atoms with E-state index in [-0.39, 0.29) is 18.4 Å². The molecular formula is C16H20N4O2. The van der Waals surface area contributed by atoms with Gasteiger partial charge in [-0.1, -0.05) is 30.3 Å². The van der Waals surface area contributed by atoms with Crippen LogP contribution in [0, 0.1) is 0 Å². The highest BCUT2D eigenvalue weighted by Crippen LogP contribution is 2.04. The van der Waals surface area contributed by atoms with E-state index >= 15 is 0 Å². The number of carbonyl (C=O) groups excluding carboxylic acids is 2. The van der Waals surface area contributed by atoms with Gasteiger partial charge in [0.15, 0.2) is 5.82 Å². The van der Waals surface area contributed by atoms with E-state index in [4.69, 9.17) is 0 Å². The minimum atomic E-state index is -0.248. The average Bonchev–Trinajstić information content (AvgIpc) is 2.89. The van der Waals surface area contributed by atoms with Crippen LogP contribution in [-0.2, 0) is 23.1 Å². The highest BCUT2D eigenvalue weighted by Gasteiger charge is 2.14. The predicted molar refractivity (Wildman–Crippen MR) is 84.2 cm³/mol. The number of hydrogen-bond donors (Lipinski definition) is 1. The number of nitrogens with one attached hydrogen (secondary N) is 1. The quantitative estimate of drug-likeness (QED) is 0.878. The molecule has 2 amide bonds. The molecule has 0 aliphatic rings. The molecular weight excluding hydrogens is 280 g/mol. The summed E-state index contributed by atoms with van der Waals surface area (Å²) in [6, 6.07) is 11.6. The second-order valence-electron chi connectivity index (χ2n) is 5.10. The van der Waals surface area contributed by atoms with Crippen LogP contribution in [0.25, 0.3) is 0 Å². The number of aromatic nitrogens is 2. The van der Waals surface area contributed by atoms with Crippen molar-refractivity contribution in [2.45, 2.75) is 13.3 Å². The Hall–Kier alpha value is -2.63. The molecule has 1 aromatic carbocycles. The van der Waals surface area contributed by atoms with Crippen molar-refractivity contribution in [1.29, 1.82) is 0 Å². The van der Waals surface area contributed by atoms with Crippen molar-refractivity contribution >= 4 is 17.6 Å².